The summed E-state index contributed by atoms with van der Waals surface area (Å²) in [6, 6.07) is 10.5. The molecule has 1 aromatic heterocycles. The van der Waals surface area contributed by atoms with Gasteiger partial charge in [-0.1, -0.05) is 30.3 Å². The van der Waals surface area contributed by atoms with Crippen molar-refractivity contribution < 1.29 is 0 Å². The minimum Gasteiger partial charge on any atom is -0.396 e. The fraction of sp³-hybridized carbons (Fsp3) is 0.308. The van der Waals surface area contributed by atoms with Crippen LogP contribution in [0.2, 0.25) is 0 Å². The maximum absolute atomic E-state index is 5.94. The van der Waals surface area contributed by atoms with E-state index in [9.17, 15) is 0 Å². The monoisotopic (exact) mass is 215 g/mol. The topological polar surface area (TPSA) is 43.8 Å². The number of hydrogen-bond acceptors (Lipinski definition) is 2. The molecule has 3 nitrogen and oxygen atoms in total. The number of aromatic nitrogens is 2. The summed E-state index contributed by atoms with van der Waals surface area (Å²) in [4.78, 5) is 0. The fourth-order valence-corrected chi connectivity index (χ4v) is 1.93. The van der Waals surface area contributed by atoms with Gasteiger partial charge in [0, 0.05) is 0 Å². The number of aryl methyl sites for hydroxylation is 1. The Morgan fingerprint density at radius 2 is 1.81 bits per heavy atom. The smallest absolute Gasteiger partial charge is 0.0826 e. The maximum Gasteiger partial charge on any atom is 0.0826 e. The molecule has 0 saturated heterocycles. The van der Waals surface area contributed by atoms with Crippen LogP contribution in [0.1, 0.15) is 29.9 Å². The van der Waals surface area contributed by atoms with E-state index in [-0.39, 0.29) is 6.04 Å². The van der Waals surface area contributed by atoms with Crippen LogP contribution in [0, 0.1) is 13.8 Å². The molecule has 0 aliphatic carbocycles. The van der Waals surface area contributed by atoms with E-state index >= 15 is 0 Å². The molecular weight excluding hydrogens is 198 g/mol. The third-order valence-corrected chi connectivity index (χ3v) is 3.03. The molecule has 0 fully saturated rings. The minimum atomic E-state index is 0.220. The molecule has 1 unspecified atom stereocenters. The molecule has 0 saturated carbocycles. The third kappa shape index (κ3) is 1.69. The van der Waals surface area contributed by atoms with E-state index in [1.165, 1.54) is 5.56 Å². The molecular formula is C13H17N3. The van der Waals surface area contributed by atoms with Gasteiger partial charge in [0.25, 0.3) is 0 Å². The van der Waals surface area contributed by atoms with Crippen molar-refractivity contribution in [1.82, 2.24) is 9.78 Å². The molecule has 16 heavy (non-hydrogen) atoms. The van der Waals surface area contributed by atoms with Gasteiger partial charge in [-0.25, -0.2) is 0 Å². The Morgan fingerprint density at radius 1 is 1.19 bits per heavy atom. The molecule has 0 aliphatic heterocycles. The van der Waals surface area contributed by atoms with Crippen LogP contribution in [-0.4, -0.2) is 9.78 Å². The Balaban J connectivity index is 2.42. The van der Waals surface area contributed by atoms with Gasteiger partial charge in [0.05, 0.1) is 23.1 Å². The highest BCUT2D eigenvalue weighted by Gasteiger charge is 2.14. The van der Waals surface area contributed by atoms with E-state index in [0.29, 0.717) is 0 Å². The summed E-state index contributed by atoms with van der Waals surface area (Å²) in [5.41, 5.74) is 9.91. The zero-order valence-electron chi connectivity index (χ0n) is 9.94. The molecule has 3 heteroatoms. The summed E-state index contributed by atoms with van der Waals surface area (Å²) in [5.74, 6) is 0. The van der Waals surface area contributed by atoms with Gasteiger partial charge in [0.1, 0.15) is 0 Å². The number of nitrogens with two attached hydrogens (primary N) is 1. The molecule has 2 N–H and O–H groups in total. The lowest BCUT2D eigenvalue weighted by atomic mass is 10.1. The van der Waals surface area contributed by atoms with Gasteiger partial charge in [-0.05, 0) is 26.3 Å². The van der Waals surface area contributed by atoms with Crippen LogP contribution in [-0.2, 0) is 0 Å². The van der Waals surface area contributed by atoms with Gasteiger partial charge in [0.2, 0.25) is 0 Å². The van der Waals surface area contributed by atoms with Crippen LogP contribution >= 0.6 is 0 Å². The van der Waals surface area contributed by atoms with Crippen LogP contribution in [0.25, 0.3) is 0 Å². The molecule has 0 radical (unpaired) electrons. The summed E-state index contributed by atoms with van der Waals surface area (Å²) in [6.45, 7) is 6.08. The van der Waals surface area contributed by atoms with Crippen molar-refractivity contribution in [2.45, 2.75) is 26.8 Å². The zero-order chi connectivity index (χ0) is 11.7. The highest BCUT2D eigenvalue weighted by atomic mass is 15.3. The first-order valence-corrected chi connectivity index (χ1v) is 5.47. The highest BCUT2D eigenvalue weighted by Crippen LogP contribution is 2.23. The molecule has 1 aromatic carbocycles. The molecule has 1 atom stereocenters. The predicted molar refractivity (Wildman–Crippen MR) is 66.4 cm³/mol. The van der Waals surface area contributed by atoms with Crippen LogP contribution < -0.4 is 5.73 Å². The Kier molecular flexibility index (Phi) is 2.69. The molecule has 0 amide bonds. The second kappa shape index (κ2) is 4.00. The van der Waals surface area contributed by atoms with Crippen molar-refractivity contribution >= 4 is 5.69 Å². The van der Waals surface area contributed by atoms with E-state index in [0.717, 1.165) is 17.1 Å². The van der Waals surface area contributed by atoms with Crippen molar-refractivity contribution in [3.8, 4) is 0 Å². The van der Waals surface area contributed by atoms with E-state index in [1.807, 2.05) is 36.7 Å². The number of hydrogen-bond donors (Lipinski definition) is 1. The maximum atomic E-state index is 5.94. The lowest BCUT2D eigenvalue weighted by molar-refractivity contribution is 0.546. The summed E-state index contributed by atoms with van der Waals surface area (Å²) in [7, 11) is 0. The quantitative estimate of drug-likeness (QED) is 0.837. The Bertz CT molecular complexity index is 485. The van der Waals surface area contributed by atoms with Gasteiger partial charge in [0.15, 0.2) is 0 Å². The van der Waals surface area contributed by atoms with Crippen molar-refractivity contribution in [2.24, 2.45) is 0 Å². The van der Waals surface area contributed by atoms with Gasteiger partial charge in [-0.15, -0.1) is 0 Å². The summed E-state index contributed by atoms with van der Waals surface area (Å²) >= 11 is 0. The standard InChI is InChI=1S/C13H17N3/c1-9-13(14)11(3)16(15-9)10(2)12-7-5-4-6-8-12/h4-8,10H,14H2,1-3H3. The molecule has 1 heterocycles. The van der Waals surface area contributed by atoms with Crippen LogP contribution in [0.3, 0.4) is 0 Å². The van der Waals surface area contributed by atoms with Crippen LogP contribution in [0.4, 0.5) is 5.69 Å². The SMILES string of the molecule is Cc1nn(C(C)c2ccccc2)c(C)c1N. The van der Waals surface area contributed by atoms with E-state index < -0.39 is 0 Å². The first-order chi connectivity index (χ1) is 7.61. The Labute approximate surface area is 95.9 Å². The first kappa shape index (κ1) is 10.7. The highest BCUT2D eigenvalue weighted by molar-refractivity contribution is 5.47. The fourth-order valence-electron chi connectivity index (χ4n) is 1.93. The number of anilines is 1. The zero-order valence-corrected chi connectivity index (χ0v) is 9.94. The van der Waals surface area contributed by atoms with Crippen molar-refractivity contribution in [2.75, 3.05) is 5.73 Å². The van der Waals surface area contributed by atoms with E-state index in [2.05, 4.69) is 24.2 Å². The van der Waals surface area contributed by atoms with Crippen LogP contribution in [0.5, 0.6) is 0 Å². The van der Waals surface area contributed by atoms with E-state index in [1.54, 1.807) is 0 Å². The lowest BCUT2D eigenvalue weighted by Crippen LogP contribution is -2.10. The van der Waals surface area contributed by atoms with Gasteiger partial charge in [-0.3, -0.25) is 4.68 Å². The third-order valence-electron chi connectivity index (χ3n) is 3.03. The Hall–Kier alpha value is -1.77. The number of nitrogen functional groups attached to an aromatic ring is 1. The van der Waals surface area contributed by atoms with Crippen LogP contribution in [0.15, 0.2) is 30.3 Å². The molecule has 2 rings (SSSR count). The van der Waals surface area contributed by atoms with Gasteiger partial charge < -0.3 is 5.73 Å². The molecule has 2 aromatic rings. The minimum absolute atomic E-state index is 0.220. The first-order valence-electron chi connectivity index (χ1n) is 5.47. The number of benzene rings is 1. The molecule has 0 spiro atoms. The normalized spacial score (nSPS) is 12.7. The molecule has 84 valence electrons. The molecule has 0 bridgehead atoms. The largest absolute Gasteiger partial charge is 0.396 e. The lowest BCUT2D eigenvalue weighted by Gasteiger charge is -2.14. The second-order valence-corrected chi connectivity index (χ2v) is 4.12. The average Bonchev–Trinajstić information content (AvgIpc) is 2.57. The van der Waals surface area contributed by atoms with E-state index in [4.69, 9.17) is 5.73 Å². The second-order valence-electron chi connectivity index (χ2n) is 4.12. The van der Waals surface area contributed by atoms with Crippen molar-refractivity contribution in [3.05, 3.63) is 47.3 Å². The average molecular weight is 215 g/mol. The van der Waals surface area contributed by atoms with Gasteiger partial charge in [-0.2, -0.15) is 5.10 Å². The predicted octanol–water partition coefficient (Wildman–Crippen LogP) is 2.69. The Morgan fingerprint density at radius 3 is 2.31 bits per heavy atom. The molecule has 0 aliphatic rings. The van der Waals surface area contributed by atoms with Gasteiger partial charge >= 0.3 is 0 Å². The number of nitrogens with zero attached hydrogens (tertiary/aromatic N) is 2. The number of rotatable bonds is 2. The van der Waals surface area contributed by atoms with Crippen molar-refractivity contribution in [1.29, 1.82) is 0 Å². The summed E-state index contributed by atoms with van der Waals surface area (Å²) < 4.78 is 1.99. The van der Waals surface area contributed by atoms with Crippen molar-refractivity contribution in [3.63, 3.8) is 0 Å². The summed E-state index contributed by atoms with van der Waals surface area (Å²) in [6.07, 6.45) is 0. The summed E-state index contributed by atoms with van der Waals surface area (Å²) in [5, 5.41) is 4.48.